The number of nitrogens with one attached hydrogen (secondary N) is 1. The highest BCUT2D eigenvalue weighted by molar-refractivity contribution is 6.08. The molecule has 0 radical (unpaired) electrons. The van der Waals surface area contributed by atoms with Crippen LogP contribution < -0.4 is 19.5 Å². The average molecular weight is 619 g/mol. The van der Waals surface area contributed by atoms with Gasteiger partial charge in [-0.3, -0.25) is 14.5 Å². The molecule has 3 unspecified atom stereocenters. The number of fused-ring (bicyclic) bond motifs is 2. The van der Waals surface area contributed by atoms with Crippen LogP contribution in [0.15, 0.2) is 97.1 Å². The van der Waals surface area contributed by atoms with Gasteiger partial charge in [0.1, 0.15) is 35.1 Å². The summed E-state index contributed by atoms with van der Waals surface area (Å²) >= 11 is 0. The maximum atomic E-state index is 14.6. The predicted octanol–water partition coefficient (Wildman–Crippen LogP) is 6.20. The summed E-state index contributed by atoms with van der Waals surface area (Å²) in [6.07, 6.45) is 0.692. The lowest BCUT2D eigenvalue weighted by molar-refractivity contribution is -0.147. The quantitative estimate of drug-likeness (QED) is 0.167. The highest BCUT2D eigenvalue weighted by Crippen LogP contribution is 2.56. The van der Waals surface area contributed by atoms with Gasteiger partial charge in [-0.2, -0.15) is 0 Å². The van der Waals surface area contributed by atoms with Crippen molar-refractivity contribution >= 4 is 17.9 Å². The molecule has 234 valence electrons. The Kier molecular flexibility index (Phi) is 7.60. The number of urea groups is 1. The fraction of sp³-hybridized carbons (Fsp3) is 0.270. The van der Waals surface area contributed by atoms with E-state index >= 15 is 0 Å². The SMILES string of the molecule is COc1ccc(COC(=O)C2CC2C2(CC3c4ccccc4Oc4ccccc43)NC(=O)N(Cc3ccc(OC)cc3)C2=O)cc1. The van der Waals surface area contributed by atoms with Gasteiger partial charge in [0.2, 0.25) is 0 Å². The molecule has 0 aromatic heterocycles. The summed E-state index contributed by atoms with van der Waals surface area (Å²) in [5.41, 5.74) is 2.14. The Labute approximate surface area is 267 Å². The number of hydrogen-bond acceptors (Lipinski definition) is 7. The van der Waals surface area contributed by atoms with Crippen molar-refractivity contribution in [1.29, 1.82) is 0 Å². The molecule has 9 heteroatoms. The topological polar surface area (TPSA) is 103 Å². The third kappa shape index (κ3) is 5.31. The number of carbonyl (C=O) groups excluding carboxylic acids is 3. The first-order valence-electron chi connectivity index (χ1n) is 15.3. The Hall–Kier alpha value is -5.31. The first-order valence-corrected chi connectivity index (χ1v) is 15.3. The van der Waals surface area contributed by atoms with Crippen molar-refractivity contribution in [2.75, 3.05) is 14.2 Å². The number of para-hydroxylation sites is 2. The summed E-state index contributed by atoms with van der Waals surface area (Å²) in [5, 5.41) is 3.10. The van der Waals surface area contributed by atoms with Crippen LogP contribution in [0.5, 0.6) is 23.0 Å². The molecule has 3 aliphatic rings. The minimum atomic E-state index is -1.32. The minimum absolute atomic E-state index is 0.0939. The predicted molar refractivity (Wildman–Crippen MR) is 169 cm³/mol. The smallest absolute Gasteiger partial charge is 0.325 e. The van der Waals surface area contributed by atoms with Crippen LogP contribution in [0, 0.1) is 11.8 Å². The second-order valence-corrected chi connectivity index (χ2v) is 12.0. The average Bonchev–Trinajstić information content (AvgIpc) is 3.87. The van der Waals surface area contributed by atoms with Gasteiger partial charge in [-0.05, 0) is 60.4 Å². The van der Waals surface area contributed by atoms with E-state index in [0.717, 1.165) is 22.3 Å². The zero-order valence-corrected chi connectivity index (χ0v) is 25.6. The zero-order chi connectivity index (χ0) is 31.8. The number of benzene rings is 4. The first kappa shape index (κ1) is 29.4. The van der Waals surface area contributed by atoms with E-state index in [-0.39, 0.29) is 37.4 Å². The molecule has 0 bridgehead atoms. The highest BCUT2D eigenvalue weighted by Gasteiger charge is 2.66. The Morgan fingerprint density at radius 1 is 0.826 bits per heavy atom. The van der Waals surface area contributed by atoms with E-state index in [1.807, 2.05) is 84.9 Å². The number of esters is 1. The van der Waals surface area contributed by atoms with Crippen LogP contribution in [0.3, 0.4) is 0 Å². The van der Waals surface area contributed by atoms with Crippen molar-refractivity contribution in [3.05, 3.63) is 119 Å². The second-order valence-electron chi connectivity index (χ2n) is 12.0. The molecule has 4 aromatic rings. The lowest BCUT2D eigenvalue weighted by Gasteiger charge is -2.35. The largest absolute Gasteiger partial charge is 0.497 e. The molecular weight excluding hydrogens is 584 g/mol. The van der Waals surface area contributed by atoms with Crippen molar-refractivity contribution in [2.45, 2.75) is 37.5 Å². The lowest BCUT2D eigenvalue weighted by atomic mass is 9.75. The highest BCUT2D eigenvalue weighted by atomic mass is 16.5. The second kappa shape index (κ2) is 11.9. The zero-order valence-electron chi connectivity index (χ0n) is 25.6. The van der Waals surface area contributed by atoms with Gasteiger partial charge in [0.15, 0.2) is 0 Å². The van der Waals surface area contributed by atoms with Crippen LogP contribution in [0.1, 0.15) is 41.0 Å². The van der Waals surface area contributed by atoms with Crippen LogP contribution in [0.4, 0.5) is 4.79 Å². The third-order valence-corrected chi connectivity index (χ3v) is 9.30. The molecule has 1 N–H and O–H groups in total. The number of methoxy groups -OCH3 is 2. The van der Waals surface area contributed by atoms with E-state index in [0.29, 0.717) is 29.4 Å². The van der Waals surface area contributed by atoms with Gasteiger partial charge in [0.05, 0.1) is 26.7 Å². The standard InChI is InChI=1S/C37H34N2O7/c1-43-25-15-11-23(12-16-25)21-39-35(41)37(38-36(39)42,31-19-29(31)34(40)45-22-24-13-17-26(44-2)18-14-24)20-30-27-7-3-5-9-32(27)46-33-10-6-4-8-28(30)33/h3-18,29-31H,19-22H2,1-2H3,(H,38,42). The number of ether oxygens (including phenoxy) is 4. The molecule has 2 fully saturated rings. The summed E-state index contributed by atoms with van der Waals surface area (Å²) in [6.45, 7) is 0.195. The van der Waals surface area contributed by atoms with Crippen molar-refractivity contribution < 1.29 is 33.3 Å². The summed E-state index contributed by atoms with van der Waals surface area (Å²) in [6, 6.07) is 29.6. The molecule has 3 atom stereocenters. The van der Waals surface area contributed by atoms with Crippen molar-refractivity contribution in [2.24, 2.45) is 11.8 Å². The maximum Gasteiger partial charge on any atom is 0.325 e. The van der Waals surface area contributed by atoms with Crippen LogP contribution in [0.25, 0.3) is 0 Å². The van der Waals surface area contributed by atoms with E-state index in [4.69, 9.17) is 18.9 Å². The molecule has 4 aromatic carbocycles. The Bertz CT molecular complexity index is 1740. The molecule has 0 spiro atoms. The third-order valence-electron chi connectivity index (χ3n) is 9.30. The molecule has 46 heavy (non-hydrogen) atoms. The van der Waals surface area contributed by atoms with Gasteiger partial charge in [0.25, 0.3) is 5.91 Å². The minimum Gasteiger partial charge on any atom is -0.497 e. The van der Waals surface area contributed by atoms with Gasteiger partial charge in [0, 0.05) is 23.0 Å². The van der Waals surface area contributed by atoms with E-state index in [1.54, 1.807) is 26.4 Å². The molecule has 2 aliphatic heterocycles. The maximum absolute atomic E-state index is 14.6. The van der Waals surface area contributed by atoms with Crippen LogP contribution in [0.2, 0.25) is 0 Å². The van der Waals surface area contributed by atoms with Gasteiger partial charge < -0.3 is 24.3 Å². The Balaban J connectivity index is 1.19. The van der Waals surface area contributed by atoms with Crippen LogP contribution >= 0.6 is 0 Å². The lowest BCUT2D eigenvalue weighted by Crippen LogP contribution is -2.51. The molecule has 1 saturated heterocycles. The van der Waals surface area contributed by atoms with Crippen LogP contribution in [-0.4, -0.2) is 42.6 Å². The summed E-state index contributed by atoms with van der Waals surface area (Å²) in [7, 11) is 3.18. The Morgan fingerprint density at radius 3 is 1.98 bits per heavy atom. The van der Waals surface area contributed by atoms with E-state index in [9.17, 15) is 14.4 Å². The van der Waals surface area contributed by atoms with E-state index in [2.05, 4.69) is 5.32 Å². The summed E-state index contributed by atoms with van der Waals surface area (Å²) < 4.78 is 22.4. The van der Waals surface area contributed by atoms with E-state index < -0.39 is 23.4 Å². The molecule has 1 saturated carbocycles. The molecule has 2 heterocycles. The summed E-state index contributed by atoms with van der Waals surface area (Å²) in [5.74, 6) is 0.853. The number of imide groups is 1. The molecular formula is C37H34N2O7. The number of carbonyl (C=O) groups is 3. The van der Waals surface area contributed by atoms with Gasteiger partial charge in [-0.25, -0.2) is 4.79 Å². The molecule has 3 amide bonds. The monoisotopic (exact) mass is 618 g/mol. The Morgan fingerprint density at radius 2 is 1.39 bits per heavy atom. The van der Waals surface area contributed by atoms with Crippen molar-refractivity contribution in [3.63, 3.8) is 0 Å². The normalized spacial score (nSPS) is 21.5. The fourth-order valence-electron chi connectivity index (χ4n) is 6.78. The number of nitrogens with zero attached hydrogens (tertiary/aromatic N) is 1. The van der Waals surface area contributed by atoms with Crippen LogP contribution in [-0.2, 0) is 27.5 Å². The summed E-state index contributed by atoms with van der Waals surface area (Å²) in [4.78, 5) is 42.9. The van der Waals surface area contributed by atoms with Gasteiger partial charge in [-0.1, -0.05) is 60.7 Å². The number of amides is 3. The van der Waals surface area contributed by atoms with Crippen molar-refractivity contribution in [3.8, 4) is 23.0 Å². The van der Waals surface area contributed by atoms with Crippen molar-refractivity contribution in [1.82, 2.24) is 10.2 Å². The van der Waals surface area contributed by atoms with Gasteiger partial charge >= 0.3 is 12.0 Å². The first-order chi connectivity index (χ1) is 22.4. The fourth-order valence-corrected chi connectivity index (χ4v) is 6.78. The number of hydrogen-bond donors (Lipinski definition) is 1. The van der Waals surface area contributed by atoms with Gasteiger partial charge in [-0.15, -0.1) is 0 Å². The molecule has 1 aliphatic carbocycles. The number of rotatable bonds is 10. The molecule has 7 rings (SSSR count). The molecule has 9 nitrogen and oxygen atoms in total. The van der Waals surface area contributed by atoms with E-state index in [1.165, 1.54) is 4.90 Å².